The maximum atomic E-state index is 13.6. The number of nitro benzene ring substituents is 1. The van der Waals surface area contributed by atoms with Gasteiger partial charge < -0.3 is 4.42 Å². The molecule has 3 aromatic rings. The maximum Gasteiger partial charge on any atom is 0.270 e. The Morgan fingerprint density at radius 2 is 1.94 bits per heavy atom. The lowest BCUT2D eigenvalue weighted by atomic mass is 10.1. The van der Waals surface area contributed by atoms with E-state index in [0.717, 1.165) is 11.0 Å². The van der Waals surface area contributed by atoms with Crippen LogP contribution in [0, 0.1) is 22.9 Å². The number of amides is 2. The van der Waals surface area contributed by atoms with Crippen molar-refractivity contribution in [1.29, 1.82) is 0 Å². The molecule has 10 heteroatoms. The lowest BCUT2D eigenvalue weighted by molar-refractivity contribution is -0.384. The Kier molecular flexibility index (Phi) is 5.37. The van der Waals surface area contributed by atoms with Crippen molar-refractivity contribution >= 4 is 46.6 Å². The Balaban J connectivity index is 1.67. The van der Waals surface area contributed by atoms with Crippen LogP contribution >= 0.6 is 12.2 Å². The first-order valence-electron chi connectivity index (χ1n) is 9.27. The van der Waals surface area contributed by atoms with E-state index in [9.17, 15) is 24.1 Å². The summed E-state index contributed by atoms with van der Waals surface area (Å²) in [5.74, 6) is -1.38. The summed E-state index contributed by atoms with van der Waals surface area (Å²) in [5.41, 5.74) is 1.14. The smallest absolute Gasteiger partial charge is 0.270 e. The van der Waals surface area contributed by atoms with Crippen LogP contribution in [-0.4, -0.2) is 21.9 Å². The number of rotatable bonds is 4. The fraction of sp³-hybridized carbons (Fsp3) is 0.0455. The SMILES string of the molecule is Cc1cc([N+](=O)[O-])ccc1-c1ccc(/C=C2\C(=O)NC(=S)N(c3cccc(F)c3)C2=O)o1. The summed E-state index contributed by atoms with van der Waals surface area (Å²) in [6, 6.07) is 12.8. The molecule has 1 N–H and O–H groups in total. The standard InChI is InChI=1S/C22H14FN3O5S/c1-12-9-15(26(29)30)5-7-17(12)19-8-6-16(31-19)11-18-20(27)24-22(32)25(21(18)28)14-4-2-3-13(23)10-14/h2-11H,1H3,(H,24,27,32)/b18-11+. The van der Waals surface area contributed by atoms with Gasteiger partial charge in [0.2, 0.25) is 0 Å². The van der Waals surface area contributed by atoms with Gasteiger partial charge >= 0.3 is 0 Å². The molecule has 2 amide bonds. The molecule has 0 unspecified atom stereocenters. The Morgan fingerprint density at radius 3 is 2.62 bits per heavy atom. The van der Waals surface area contributed by atoms with E-state index in [0.29, 0.717) is 16.9 Å². The van der Waals surface area contributed by atoms with Crippen LogP contribution in [0.3, 0.4) is 0 Å². The number of halogens is 1. The normalized spacial score (nSPS) is 15.2. The van der Waals surface area contributed by atoms with Gasteiger partial charge in [0.15, 0.2) is 5.11 Å². The van der Waals surface area contributed by atoms with Crippen LogP contribution in [-0.2, 0) is 9.59 Å². The summed E-state index contributed by atoms with van der Waals surface area (Å²) in [6.45, 7) is 1.71. The molecule has 0 aliphatic carbocycles. The summed E-state index contributed by atoms with van der Waals surface area (Å²) >= 11 is 5.09. The van der Waals surface area contributed by atoms with Gasteiger partial charge in [-0.15, -0.1) is 0 Å². The van der Waals surface area contributed by atoms with Gasteiger partial charge in [-0.2, -0.15) is 0 Å². The van der Waals surface area contributed by atoms with Gasteiger partial charge in [-0.3, -0.25) is 29.9 Å². The Morgan fingerprint density at radius 1 is 1.16 bits per heavy atom. The van der Waals surface area contributed by atoms with Gasteiger partial charge in [-0.1, -0.05) is 6.07 Å². The zero-order valence-electron chi connectivity index (χ0n) is 16.5. The van der Waals surface area contributed by atoms with Crippen LogP contribution in [0.1, 0.15) is 11.3 Å². The molecule has 32 heavy (non-hydrogen) atoms. The number of hydrogen-bond acceptors (Lipinski definition) is 6. The number of benzene rings is 2. The van der Waals surface area contributed by atoms with Gasteiger partial charge in [0.05, 0.1) is 10.6 Å². The molecule has 0 saturated carbocycles. The number of nitro groups is 1. The molecule has 2 heterocycles. The summed E-state index contributed by atoms with van der Waals surface area (Å²) < 4.78 is 19.4. The second kappa shape index (κ2) is 8.16. The number of non-ortho nitro benzene ring substituents is 1. The minimum absolute atomic E-state index is 0.0435. The van der Waals surface area contributed by atoms with E-state index in [-0.39, 0.29) is 27.8 Å². The van der Waals surface area contributed by atoms with Crippen molar-refractivity contribution in [2.75, 3.05) is 4.90 Å². The quantitative estimate of drug-likeness (QED) is 0.210. The predicted molar refractivity (Wildman–Crippen MR) is 118 cm³/mol. The second-order valence-electron chi connectivity index (χ2n) is 6.90. The average Bonchev–Trinajstić information content (AvgIpc) is 3.19. The van der Waals surface area contributed by atoms with E-state index in [4.69, 9.17) is 16.6 Å². The number of nitrogens with zero attached hydrogens (tertiary/aromatic N) is 2. The van der Waals surface area contributed by atoms with Crippen LogP contribution in [0.25, 0.3) is 17.4 Å². The van der Waals surface area contributed by atoms with Crippen LogP contribution in [0.15, 0.2) is 64.6 Å². The van der Waals surface area contributed by atoms with E-state index >= 15 is 0 Å². The monoisotopic (exact) mass is 451 g/mol. The summed E-state index contributed by atoms with van der Waals surface area (Å²) in [5, 5.41) is 13.2. The van der Waals surface area contributed by atoms with Gasteiger partial charge in [0.1, 0.15) is 22.9 Å². The number of thiocarbonyl (C=S) groups is 1. The molecule has 160 valence electrons. The highest BCUT2D eigenvalue weighted by Gasteiger charge is 2.35. The number of anilines is 1. The number of aryl methyl sites for hydroxylation is 1. The molecule has 0 atom stereocenters. The van der Waals surface area contributed by atoms with Crippen LogP contribution in [0.2, 0.25) is 0 Å². The van der Waals surface area contributed by atoms with Crippen molar-refractivity contribution in [2.45, 2.75) is 6.92 Å². The Bertz CT molecular complexity index is 1330. The minimum Gasteiger partial charge on any atom is -0.457 e. The van der Waals surface area contributed by atoms with E-state index in [1.807, 2.05) is 0 Å². The topological polar surface area (TPSA) is 106 Å². The van der Waals surface area contributed by atoms with Crippen LogP contribution in [0.5, 0.6) is 0 Å². The molecular formula is C22H14FN3O5S. The molecule has 0 bridgehead atoms. The molecule has 0 spiro atoms. The van der Waals surface area contributed by atoms with Crippen molar-refractivity contribution in [1.82, 2.24) is 5.32 Å². The predicted octanol–water partition coefficient (Wildman–Crippen LogP) is 4.13. The first kappa shape index (κ1) is 21.1. The fourth-order valence-electron chi connectivity index (χ4n) is 3.26. The third-order valence-electron chi connectivity index (χ3n) is 4.77. The van der Waals surface area contributed by atoms with Crippen LogP contribution < -0.4 is 10.2 Å². The van der Waals surface area contributed by atoms with E-state index in [1.54, 1.807) is 25.1 Å². The number of nitrogens with one attached hydrogen (secondary N) is 1. The zero-order chi connectivity index (χ0) is 23.0. The van der Waals surface area contributed by atoms with Crippen molar-refractivity contribution in [3.8, 4) is 11.3 Å². The molecule has 8 nitrogen and oxygen atoms in total. The average molecular weight is 451 g/mol. The Hall–Kier alpha value is -4.18. The largest absolute Gasteiger partial charge is 0.457 e. The number of hydrogen-bond donors (Lipinski definition) is 1. The highest BCUT2D eigenvalue weighted by Crippen LogP contribution is 2.30. The highest BCUT2D eigenvalue weighted by atomic mass is 32.1. The number of furan rings is 1. The van der Waals surface area contributed by atoms with Crippen molar-refractivity contribution in [2.24, 2.45) is 0 Å². The van der Waals surface area contributed by atoms with Crippen LogP contribution in [0.4, 0.5) is 15.8 Å². The second-order valence-corrected chi connectivity index (χ2v) is 7.28. The van der Waals surface area contributed by atoms with Crippen molar-refractivity contribution in [3.05, 3.63) is 87.4 Å². The van der Waals surface area contributed by atoms with E-state index in [2.05, 4.69) is 5.32 Å². The fourth-order valence-corrected chi connectivity index (χ4v) is 3.54. The third-order valence-corrected chi connectivity index (χ3v) is 5.05. The zero-order valence-corrected chi connectivity index (χ0v) is 17.3. The molecule has 1 aliphatic rings. The van der Waals surface area contributed by atoms with Gasteiger partial charge in [0.25, 0.3) is 17.5 Å². The molecule has 4 rings (SSSR count). The lowest BCUT2D eigenvalue weighted by Crippen LogP contribution is -2.54. The van der Waals surface area contributed by atoms with Gasteiger partial charge in [-0.05, 0) is 67.2 Å². The first-order chi connectivity index (χ1) is 15.2. The molecule has 0 radical (unpaired) electrons. The molecule has 1 aliphatic heterocycles. The molecule has 1 saturated heterocycles. The molecule has 2 aromatic carbocycles. The van der Waals surface area contributed by atoms with Gasteiger partial charge in [-0.25, -0.2) is 4.39 Å². The van der Waals surface area contributed by atoms with Crippen molar-refractivity contribution < 1.29 is 23.3 Å². The third kappa shape index (κ3) is 3.91. The van der Waals surface area contributed by atoms with E-state index in [1.165, 1.54) is 36.4 Å². The number of carbonyl (C=O) groups is 2. The van der Waals surface area contributed by atoms with Crippen molar-refractivity contribution in [3.63, 3.8) is 0 Å². The summed E-state index contributed by atoms with van der Waals surface area (Å²) in [4.78, 5) is 36.8. The number of carbonyl (C=O) groups excluding carboxylic acids is 2. The maximum absolute atomic E-state index is 13.6. The van der Waals surface area contributed by atoms with Gasteiger partial charge in [0, 0.05) is 17.7 Å². The highest BCUT2D eigenvalue weighted by molar-refractivity contribution is 7.80. The lowest BCUT2D eigenvalue weighted by Gasteiger charge is -2.28. The summed E-state index contributed by atoms with van der Waals surface area (Å²) in [7, 11) is 0. The summed E-state index contributed by atoms with van der Waals surface area (Å²) in [6.07, 6.45) is 1.26. The Labute approximate surface area is 186 Å². The minimum atomic E-state index is -0.728. The molecule has 1 fully saturated rings. The molecule has 1 aromatic heterocycles. The van der Waals surface area contributed by atoms with E-state index < -0.39 is 22.6 Å². The molecular weight excluding hydrogens is 437 g/mol. The first-order valence-corrected chi connectivity index (χ1v) is 9.67.